The van der Waals surface area contributed by atoms with Crippen molar-refractivity contribution >= 4 is 12.6 Å². The Labute approximate surface area is 168 Å². The van der Waals surface area contributed by atoms with E-state index in [1.807, 2.05) is 36.4 Å². The molecule has 3 rings (SSSR count). The first-order valence-electron chi connectivity index (χ1n) is 9.97. The van der Waals surface area contributed by atoms with E-state index in [9.17, 15) is 0 Å². The molecule has 1 saturated heterocycles. The Morgan fingerprint density at radius 1 is 0.929 bits per heavy atom. The average Bonchev–Trinajstić information content (AvgIpc) is 2.89. The molecule has 28 heavy (non-hydrogen) atoms. The highest BCUT2D eigenvalue weighted by Gasteiger charge is 2.51. The molecule has 1 aliphatic heterocycles. The molecule has 1 aromatic carbocycles. The molecule has 0 amide bonds. The minimum absolute atomic E-state index is 0.341. The van der Waals surface area contributed by atoms with Crippen molar-refractivity contribution in [3.63, 3.8) is 0 Å². The fourth-order valence-corrected chi connectivity index (χ4v) is 2.77. The van der Waals surface area contributed by atoms with Crippen LogP contribution in [0.2, 0.25) is 0 Å². The molecule has 5 nitrogen and oxygen atoms in total. The summed E-state index contributed by atoms with van der Waals surface area (Å²) >= 11 is 0. The highest BCUT2D eigenvalue weighted by molar-refractivity contribution is 6.62. The van der Waals surface area contributed by atoms with Crippen molar-refractivity contribution in [3.05, 3.63) is 48.2 Å². The van der Waals surface area contributed by atoms with Crippen LogP contribution in [-0.2, 0) is 15.9 Å². The number of benzene rings is 1. The first kappa shape index (κ1) is 20.7. The molecule has 0 bridgehead atoms. The SMILES string of the molecule is CCCCOc1ccc(COc2ccc(B3OC(C)(C)C(C)(C)O3)cc2)cn1. The van der Waals surface area contributed by atoms with Crippen LogP contribution in [0.5, 0.6) is 11.6 Å². The Hall–Kier alpha value is -2.05. The minimum atomic E-state index is -0.358. The van der Waals surface area contributed by atoms with Crippen molar-refractivity contribution in [2.75, 3.05) is 6.61 Å². The fraction of sp³-hybridized carbons (Fsp3) is 0.500. The molecule has 0 N–H and O–H groups in total. The van der Waals surface area contributed by atoms with Crippen molar-refractivity contribution < 1.29 is 18.8 Å². The highest BCUT2D eigenvalue weighted by atomic mass is 16.7. The van der Waals surface area contributed by atoms with Crippen LogP contribution >= 0.6 is 0 Å². The van der Waals surface area contributed by atoms with E-state index in [1.54, 1.807) is 6.20 Å². The molecule has 150 valence electrons. The molecule has 0 spiro atoms. The Bertz CT molecular complexity index is 743. The van der Waals surface area contributed by atoms with E-state index in [2.05, 4.69) is 39.6 Å². The second kappa shape index (κ2) is 8.54. The van der Waals surface area contributed by atoms with E-state index in [0.717, 1.165) is 29.6 Å². The van der Waals surface area contributed by atoms with E-state index < -0.39 is 0 Å². The van der Waals surface area contributed by atoms with Crippen molar-refractivity contribution in [1.29, 1.82) is 0 Å². The Morgan fingerprint density at radius 2 is 1.61 bits per heavy atom. The molecule has 2 heterocycles. The van der Waals surface area contributed by atoms with Crippen molar-refractivity contribution in [2.24, 2.45) is 0 Å². The van der Waals surface area contributed by atoms with Gasteiger partial charge in [0, 0.05) is 17.8 Å². The lowest BCUT2D eigenvalue weighted by molar-refractivity contribution is 0.00578. The molecular weight excluding hydrogens is 353 g/mol. The van der Waals surface area contributed by atoms with Gasteiger partial charge in [0.2, 0.25) is 5.88 Å². The van der Waals surface area contributed by atoms with Crippen LogP contribution in [0.15, 0.2) is 42.6 Å². The molecule has 1 fully saturated rings. The van der Waals surface area contributed by atoms with Gasteiger partial charge in [-0.3, -0.25) is 0 Å². The van der Waals surface area contributed by atoms with Crippen molar-refractivity contribution in [1.82, 2.24) is 4.98 Å². The third kappa shape index (κ3) is 4.86. The second-order valence-corrected chi connectivity index (χ2v) is 8.15. The van der Waals surface area contributed by atoms with Crippen LogP contribution in [0.4, 0.5) is 0 Å². The van der Waals surface area contributed by atoms with Crippen LogP contribution < -0.4 is 14.9 Å². The largest absolute Gasteiger partial charge is 0.494 e. The molecule has 2 aromatic rings. The van der Waals surface area contributed by atoms with Gasteiger partial charge in [0.15, 0.2) is 0 Å². The van der Waals surface area contributed by atoms with Gasteiger partial charge in [-0.1, -0.05) is 25.5 Å². The average molecular weight is 383 g/mol. The van der Waals surface area contributed by atoms with Gasteiger partial charge in [-0.15, -0.1) is 0 Å². The van der Waals surface area contributed by atoms with Gasteiger partial charge < -0.3 is 18.8 Å². The lowest BCUT2D eigenvalue weighted by Crippen LogP contribution is -2.41. The molecule has 0 saturated carbocycles. The smallest absolute Gasteiger partial charge is 0.489 e. The summed E-state index contributed by atoms with van der Waals surface area (Å²) in [5.41, 5.74) is 1.30. The van der Waals surface area contributed by atoms with Gasteiger partial charge in [0.25, 0.3) is 0 Å². The normalized spacial score (nSPS) is 17.5. The van der Waals surface area contributed by atoms with E-state index in [1.165, 1.54) is 0 Å². The Morgan fingerprint density at radius 3 is 2.18 bits per heavy atom. The van der Waals surface area contributed by atoms with Gasteiger partial charge in [0.1, 0.15) is 12.4 Å². The second-order valence-electron chi connectivity index (χ2n) is 8.15. The predicted molar refractivity (Wildman–Crippen MR) is 111 cm³/mol. The maximum absolute atomic E-state index is 6.08. The van der Waals surface area contributed by atoms with E-state index in [0.29, 0.717) is 19.1 Å². The summed E-state index contributed by atoms with van der Waals surface area (Å²) < 4.78 is 23.6. The minimum Gasteiger partial charge on any atom is -0.489 e. The number of aromatic nitrogens is 1. The standard InChI is InChI=1S/C22H30BNO4/c1-6-7-14-25-20-13-8-17(15-24-20)16-26-19-11-9-18(10-12-19)23-27-21(2,3)22(4,5)28-23/h8-13,15H,6-7,14,16H2,1-5H3. The maximum Gasteiger partial charge on any atom is 0.494 e. The van der Waals surface area contributed by atoms with Crippen LogP contribution in [0.3, 0.4) is 0 Å². The quantitative estimate of drug-likeness (QED) is 0.507. The summed E-state index contributed by atoms with van der Waals surface area (Å²) in [5, 5.41) is 0. The van der Waals surface area contributed by atoms with Gasteiger partial charge in [-0.2, -0.15) is 0 Å². The van der Waals surface area contributed by atoms with E-state index in [-0.39, 0.29) is 18.3 Å². The third-order valence-corrected chi connectivity index (χ3v) is 5.36. The molecule has 0 unspecified atom stereocenters. The number of hydrogen-bond acceptors (Lipinski definition) is 5. The van der Waals surface area contributed by atoms with Crippen LogP contribution in [0.1, 0.15) is 53.0 Å². The van der Waals surface area contributed by atoms with Crippen molar-refractivity contribution in [2.45, 2.75) is 65.3 Å². The topological polar surface area (TPSA) is 49.8 Å². The van der Waals surface area contributed by atoms with Gasteiger partial charge in [-0.25, -0.2) is 4.98 Å². The molecule has 0 aliphatic carbocycles. The van der Waals surface area contributed by atoms with Crippen molar-refractivity contribution in [3.8, 4) is 11.6 Å². The summed E-state index contributed by atoms with van der Waals surface area (Å²) in [6.45, 7) is 11.5. The summed E-state index contributed by atoms with van der Waals surface area (Å²) in [6, 6.07) is 11.7. The first-order valence-corrected chi connectivity index (χ1v) is 9.97. The lowest BCUT2D eigenvalue weighted by Gasteiger charge is -2.32. The number of rotatable bonds is 8. The van der Waals surface area contributed by atoms with Gasteiger partial charge >= 0.3 is 7.12 Å². The Kier molecular flexibility index (Phi) is 6.31. The lowest BCUT2D eigenvalue weighted by atomic mass is 9.79. The predicted octanol–water partition coefficient (Wildman–Crippen LogP) is 4.14. The molecule has 1 aromatic heterocycles. The van der Waals surface area contributed by atoms with E-state index >= 15 is 0 Å². The zero-order valence-corrected chi connectivity index (χ0v) is 17.5. The molecule has 0 radical (unpaired) electrons. The number of ether oxygens (including phenoxy) is 2. The van der Waals surface area contributed by atoms with Gasteiger partial charge in [-0.05, 0) is 57.8 Å². The summed E-state index contributed by atoms with van der Waals surface area (Å²) in [6.07, 6.45) is 3.94. The van der Waals surface area contributed by atoms with Gasteiger partial charge in [0.05, 0.1) is 17.8 Å². The highest BCUT2D eigenvalue weighted by Crippen LogP contribution is 2.36. The van der Waals surface area contributed by atoms with Crippen LogP contribution in [0.25, 0.3) is 0 Å². The zero-order valence-electron chi connectivity index (χ0n) is 17.5. The number of hydrogen-bond donors (Lipinski definition) is 0. The van der Waals surface area contributed by atoms with Crippen LogP contribution in [0, 0.1) is 0 Å². The number of nitrogens with zero attached hydrogens (tertiary/aromatic N) is 1. The maximum atomic E-state index is 6.08. The van der Waals surface area contributed by atoms with Crippen LogP contribution in [-0.4, -0.2) is 29.9 Å². The fourth-order valence-electron chi connectivity index (χ4n) is 2.77. The summed E-state index contributed by atoms with van der Waals surface area (Å²) in [7, 11) is -0.358. The molecule has 0 atom stereocenters. The summed E-state index contributed by atoms with van der Waals surface area (Å²) in [5.74, 6) is 1.45. The van der Waals surface area contributed by atoms with E-state index in [4.69, 9.17) is 18.8 Å². The molecular formula is C22H30BNO4. The monoisotopic (exact) mass is 383 g/mol. The first-order chi connectivity index (χ1) is 13.3. The third-order valence-electron chi connectivity index (χ3n) is 5.36. The zero-order chi connectivity index (χ0) is 20.2. The number of pyridine rings is 1. The Balaban J connectivity index is 1.52. The number of unbranched alkanes of at least 4 members (excludes halogenated alkanes) is 1. The molecule has 1 aliphatic rings. The summed E-state index contributed by atoms with van der Waals surface area (Å²) in [4.78, 5) is 4.32. The molecule has 6 heteroatoms.